The molecule has 1 saturated heterocycles. The number of likely N-dealkylation sites (tertiary alicyclic amines) is 1. The molecule has 0 spiro atoms. The topological polar surface area (TPSA) is 76.3 Å². The summed E-state index contributed by atoms with van der Waals surface area (Å²) in [5.41, 5.74) is 8.67. The molecule has 1 aromatic heterocycles. The van der Waals surface area contributed by atoms with Gasteiger partial charge in [0.05, 0.1) is 11.8 Å². The summed E-state index contributed by atoms with van der Waals surface area (Å²) in [4.78, 5) is 31.6. The molecule has 6 heteroatoms. The highest BCUT2D eigenvalue weighted by atomic mass is 19.1. The summed E-state index contributed by atoms with van der Waals surface area (Å²) in [5.74, 6) is -0.893. The lowest BCUT2D eigenvalue weighted by Crippen LogP contribution is -2.53. The van der Waals surface area contributed by atoms with Crippen molar-refractivity contribution in [3.8, 4) is 11.1 Å². The van der Waals surface area contributed by atoms with Crippen molar-refractivity contribution in [3.05, 3.63) is 90.0 Å². The first kappa shape index (κ1) is 21.7. The molecule has 2 aromatic carbocycles. The predicted molar refractivity (Wildman–Crippen MR) is 121 cm³/mol. The van der Waals surface area contributed by atoms with Crippen LogP contribution in [0.1, 0.15) is 24.0 Å². The molecule has 0 aliphatic carbocycles. The normalized spacial score (nSPS) is 18.3. The van der Waals surface area contributed by atoms with E-state index in [0.717, 1.165) is 16.7 Å². The number of primary amides is 1. The van der Waals surface area contributed by atoms with Gasteiger partial charge < -0.3 is 10.6 Å². The van der Waals surface area contributed by atoms with Gasteiger partial charge in [-0.15, -0.1) is 0 Å². The Bertz CT molecular complexity index is 1120. The first-order chi connectivity index (χ1) is 15.5. The third-order valence-electron chi connectivity index (χ3n) is 6.22. The van der Waals surface area contributed by atoms with Crippen molar-refractivity contribution in [2.45, 2.75) is 25.7 Å². The number of nitrogens with zero attached hydrogens (tertiary/aromatic N) is 2. The zero-order valence-corrected chi connectivity index (χ0v) is 17.8. The molecule has 2 heterocycles. The van der Waals surface area contributed by atoms with E-state index in [4.69, 9.17) is 5.73 Å². The van der Waals surface area contributed by atoms with Gasteiger partial charge in [-0.1, -0.05) is 42.5 Å². The molecule has 0 radical (unpaired) electrons. The van der Waals surface area contributed by atoms with Gasteiger partial charge in [-0.05, 0) is 54.2 Å². The summed E-state index contributed by atoms with van der Waals surface area (Å²) in [5, 5.41) is 0. The Morgan fingerprint density at radius 1 is 1.09 bits per heavy atom. The van der Waals surface area contributed by atoms with Gasteiger partial charge in [0.2, 0.25) is 11.8 Å². The molecule has 0 bridgehead atoms. The molecular formula is C26H26FN3O2. The van der Waals surface area contributed by atoms with Gasteiger partial charge in [-0.25, -0.2) is 4.39 Å². The van der Waals surface area contributed by atoms with Crippen LogP contribution >= 0.6 is 0 Å². The van der Waals surface area contributed by atoms with Crippen molar-refractivity contribution in [2.24, 2.45) is 11.1 Å². The second-order valence-electron chi connectivity index (χ2n) is 8.45. The van der Waals surface area contributed by atoms with Crippen LogP contribution in [0.5, 0.6) is 0 Å². The Morgan fingerprint density at radius 3 is 2.69 bits per heavy atom. The van der Waals surface area contributed by atoms with Gasteiger partial charge >= 0.3 is 0 Å². The number of pyridine rings is 1. The van der Waals surface area contributed by atoms with E-state index in [1.54, 1.807) is 29.4 Å². The molecule has 3 aromatic rings. The number of rotatable bonds is 6. The molecular weight excluding hydrogens is 405 g/mol. The molecule has 1 aliphatic rings. The SMILES string of the molecule is NC(=O)[C@@]1(Cc2ccccc2-c2cccnc2)CCCN(C(=O)Cc2cccc(F)c2)C1. The highest BCUT2D eigenvalue weighted by Gasteiger charge is 2.42. The van der Waals surface area contributed by atoms with Crippen LogP contribution < -0.4 is 5.73 Å². The lowest BCUT2D eigenvalue weighted by atomic mass is 9.73. The average Bonchev–Trinajstić information content (AvgIpc) is 2.80. The van der Waals surface area contributed by atoms with Gasteiger partial charge in [0.15, 0.2) is 0 Å². The molecule has 32 heavy (non-hydrogen) atoms. The number of hydrogen-bond acceptors (Lipinski definition) is 3. The summed E-state index contributed by atoms with van der Waals surface area (Å²) >= 11 is 0. The van der Waals surface area contributed by atoms with Crippen molar-refractivity contribution < 1.29 is 14.0 Å². The van der Waals surface area contributed by atoms with E-state index in [2.05, 4.69) is 4.98 Å². The van der Waals surface area contributed by atoms with Gasteiger partial charge in [0.25, 0.3) is 0 Å². The molecule has 0 saturated carbocycles. The minimum atomic E-state index is -0.853. The minimum Gasteiger partial charge on any atom is -0.369 e. The number of hydrogen-bond donors (Lipinski definition) is 1. The Morgan fingerprint density at radius 2 is 1.94 bits per heavy atom. The quantitative estimate of drug-likeness (QED) is 0.646. The third-order valence-corrected chi connectivity index (χ3v) is 6.22. The Balaban J connectivity index is 1.58. The number of piperidine rings is 1. The van der Waals surface area contributed by atoms with E-state index in [1.165, 1.54) is 12.1 Å². The lowest BCUT2D eigenvalue weighted by molar-refractivity contribution is -0.139. The number of amides is 2. The number of carbonyl (C=O) groups excluding carboxylic acids is 2. The zero-order valence-electron chi connectivity index (χ0n) is 17.8. The van der Waals surface area contributed by atoms with E-state index >= 15 is 0 Å². The second-order valence-corrected chi connectivity index (χ2v) is 8.45. The summed E-state index contributed by atoms with van der Waals surface area (Å²) in [6.45, 7) is 0.825. The van der Waals surface area contributed by atoms with Gasteiger partial charge in [-0.3, -0.25) is 14.6 Å². The summed E-state index contributed by atoms with van der Waals surface area (Å²) in [6, 6.07) is 17.8. The first-order valence-electron chi connectivity index (χ1n) is 10.8. The number of benzene rings is 2. The smallest absolute Gasteiger partial charge is 0.227 e. The van der Waals surface area contributed by atoms with Crippen molar-refractivity contribution in [1.82, 2.24) is 9.88 Å². The van der Waals surface area contributed by atoms with Crippen LogP contribution in [-0.4, -0.2) is 34.8 Å². The number of nitrogens with two attached hydrogens (primary N) is 1. The minimum absolute atomic E-state index is 0.0961. The summed E-state index contributed by atoms with van der Waals surface area (Å²) < 4.78 is 13.5. The summed E-state index contributed by atoms with van der Waals surface area (Å²) in [7, 11) is 0. The molecule has 0 unspecified atom stereocenters. The van der Waals surface area contributed by atoms with Gasteiger partial charge in [0, 0.05) is 31.0 Å². The molecule has 164 valence electrons. The monoisotopic (exact) mass is 431 g/mol. The molecule has 2 amide bonds. The first-order valence-corrected chi connectivity index (χ1v) is 10.8. The van der Waals surface area contributed by atoms with Crippen molar-refractivity contribution >= 4 is 11.8 Å². The van der Waals surface area contributed by atoms with Crippen molar-refractivity contribution in [2.75, 3.05) is 13.1 Å². The zero-order chi connectivity index (χ0) is 22.6. The molecule has 1 fully saturated rings. The second kappa shape index (κ2) is 9.30. The molecule has 2 N–H and O–H groups in total. The lowest BCUT2D eigenvalue weighted by Gasteiger charge is -2.41. The molecule has 1 atom stereocenters. The van der Waals surface area contributed by atoms with E-state index in [9.17, 15) is 14.0 Å². The molecule has 1 aliphatic heterocycles. The fourth-order valence-corrected chi connectivity index (χ4v) is 4.55. The van der Waals surface area contributed by atoms with Crippen LogP contribution in [-0.2, 0) is 22.4 Å². The van der Waals surface area contributed by atoms with Crippen LogP contribution in [0.2, 0.25) is 0 Å². The molecule has 4 rings (SSSR count). The molecule has 5 nitrogen and oxygen atoms in total. The Labute approximate surface area is 187 Å². The van der Waals surface area contributed by atoms with Crippen LogP contribution in [0.3, 0.4) is 0 Å². The fourth-order valence-electron chi connectivity index (χ4n) is 4.55. The van der Waals surface area contributed by atoms with Gasteiger partial charge in [0.1, 0.15) is 5.82 Å². The van der Waals surface area contributed by atoms with E-state index in [0.29, 0.717) is 31.4 Å². The van der Waals surface area contributed by atoms with Crippen LogP contribution in [0.25, 0.3) is 11.1 Å². The highest BCUT2D eigenvalue weighted by molar-refractivity contribution is 5.84. The summed E-state index contributed by atoms with van der Waals surface area (Å²) in [6.07, 6.45) is 5.36. The van der Waals surface area contributed by atoms with Crippen LogP contribution in [0.15, 0.2) is 73.1 Å². The number of carbonyl (C=O) groups is 2. The van der Waals surface area contributed by atoms with Crippen molar-refractivity contribution in [1.29, 1.82) is 0 Å². The maximum absolute atomic E-state index is 13.5. The standard InChI is InChI=1S/C26H26FN3O2/c27-22-9-3-6-19(14-22)15-24(31)30-13-5-11-26(18-30,25(28)32)16-20-7-1-2-10-23(20)21-8-4-12-29-17-21/h1-4,6-10,12,14,17H,5,11,13,15-16,18H2,(H2,28,32)/t26-/m1/s1. The van der Waals surface area contributed by atoms with E-state index < -0.39 is 11.3 Å². The van der Waals surface area contributed by atoms with Crippen molar-refractivity contribution in [3.63, 3.8) is 0 Å². The number of halogens is 1. The number of aromatic nitrogens is 1. The largest absolute Gasteiger partial charge is 0.369 e. The maximum Gasteiger partial charge on any atom is 0.227 e. The van der Waals surface area contributed by atoms with Crippen LogP contribution in [0, 0.1) is 11.2 Å². The van der Waals surface area contributed by atoms with Gasteiger partial charge in [-0.2, -0.15) is 0 Å². The third kappa shape index (κ3) is 4.69. The Hall–Kier alpha value is -3.54. The fraction of sp³-hybridized carbons (Fsp3) is 0.269. The highest BCUT2D eigenvalue weighted by Crippen LogP contribution is 2.36. The van der Waals surface area contributed by atoms with Crippen LogP contribution in [0.4, 0.5) is 4.39 Å². The maximum atomic E-state index is 13.5. The predicted octanol–water partition coefficient (Wildman–Crippen LogP) is 3.77. The van der Waals surface area contributed by atoms with E-state index in [1.807, 2.05) is 36.4 Å². The Kier molecular flexibility index (Phi) is 6.30. The average molecular weight is 432 g/mol. The van der Waals surface area contributed by atoms with E-state index in [-0.39, 0.29) is 24.7 Å².